The lowest BCUT2D eigenvalue weighted by atomic mass is 10.4. The van der Waals surface area contributed by atoms with Crippen molar-refractivity contribution in [3.8, 4) is 0 Å². The van der Waals surface area contributed by atoms with Crippen molar-refractivity contribution in [2.45, 2.75) is 26.7 Å². The van der Waals surface area contributed by atoms with Gasteiger partial charge in [0.1, 0.15) is 0 Å². The molecule has 0 radical (unpaired) electrons. The zero-order chi connectivity index (χ0) is 8.62. The van der Waals surface area contributed by atoms with Gasteiger partial charge in [-0.2, -0.15) is 4.83 Å². The lowest BCUT2D eigenvalue weighted by Gasteiger charge is -1.85. The van der Waals surface area contributed by atoms with Gasteiger partial charge in [0, 0.05) is 0 Å². The van der Waals surface area contributed by atoms with Crippen LogP contribution in [-0.2, 0) is 10.0 Å². The Hall–Kier alpha value is -0.130. The van der Waals surface area contributed by atoms with Crippen LogP contribution in [0, 0.1) is 0 Å². The molecular weight excluding hydrogens is 152 g/mol. The molecule has 0 atom stereocenters. The Bertz CT molecular complexity index is 140. The summed E-state index contributed by atoms with van der Waals surface area (Å²) in [5.74, 6) is 4.47. The second kappa shape index (κ2) is 6.98. The van der Waals surface area contributed by atoms with Crippen LogP contribution in [-0.4, -0.2) is 14.7 Å². The summed E-state index contributed by atoms with van der Waals surface area (Å²) in [6, 6.07) is 0. The number of hydrogen-bond acceptors (Lipinski definition) is 3. The lowest BCUT2D eigenvalue weighted by molar-refractivity contribution is 0.590. The van der Waals surface area contributed by atoms with E-state index >= 15 is 0 Å². The molecule has 0 fully saturated rings. The van der Waals surface area contributed by atoms with Crippen LogP contribution in [0.4, 0.5) is 0 Å². The third-order valence-electron chi connectivity index (χ3n) is 0.714. The number of rotatable bonds is 2. The van der Waals surface area contributed by atoms with Gasteiger partial charge in [0.2, 0.25) is 10.0 Å². The molecule has 0 aliphatic rings. The van der Waals surface area contributed by atoms with Crippen molar-refractivity contribution in [3.05, 3.63) is 0 Å². The first-order valence-corrected chi connectivity index (χ1v) is 5.04. The fourth-order valence-corrected chi connectivity index (χ4v) is 0. The molecule has 0 aromatic rings. The molecule has 0 aromatic heterocycles. The second-order valence-electron chi connectivity index (χ2n) is 1.89. The molecule has 0 amide bonds. The standard InChI is InChI=1S/C4H10.CH6N2O2S/c1-3-4-2;1-6(4,5)3-2/h3-4H2,1-2H3;3H,2H2,1H3. The highest BCUT2D eigenvalue weighted by Gasteiger charge is 1.88. The average molecular weight is 168 g/mol. The predicted octanol–water partition coefficient (Wildman–Crippen LogP) is 0.216. The molecule has 64 valence electrons. The molecular formula is C5H16N2O2S. The minimum Gasteiger partial charge on any atom is -0.258 e. The summed E-state index contributed by atoms with van der Waals surface area (Å²) in [6.45, 7) is 4.36. The first-order valence-electron chi connectivity index (χ1n) is 3.15. The van der Waals surface area contributed by atoms with E-state index in [9.17, 15) is 8.42 Å². The van der Waals surface area contributed by atoms with E-state index in [1.165, 1.54) is 12.8 Å². The van der Waals surface area contributed by atoms with E-state index in [4.69, 9.17) is 0 Å². The van der Waals surface area contributed by atoms with Crippen molar-refractivity contribution < 1.29 is 8.42 Å². The van der Waals surface area contributed by atoms with Gasteiger partial charge in [-0.25, -0.2) is 8.42 Å². The van der Waals surface area contributed by atoms with Gasteiger partial charge in [-0.1, -0.05) is 26.7 Å². The summed E-state index contributed by atoms with van der Waals surface area (Å²) >= 11 is 0. The van der Waals surface area contributed by atoms with Crippen molar-refractivity contribution >= 4 is 10.0 Å². The van der Waals surface area contributed by atoms with Crippen molar-refractivity contribution in [2.24, 2.45) is 5.84 Å². The molecule has 0 aliphatic carbocycles. The molecule has 10 heavy (non-hydrogen) atoms. The molecule has 0 aromatic carbocycles. The fraction of sp³-hybridized carbons (Fsp3) is 1.00. The van der Waals surface area contributed by atoms with Crippen LogP contribution in [0.15, 0.2) is 0 Å². The van der Waals surface area contributed by atoms with E-state index in [0.717, 1.165) is 6.26 Å². The summed E-state index contributed by atoms with van der Waals surface area (Å²) in [4.78, 5) is 1.58. The van der Waals surface area contributed by atoms with E-state index in [1.807, 2.05) is 0 Å². The summed E-state index contributed by atoms with van der Waals surface area (Å²) in [5.41, 5.74) is 0. The maximum absolute atomic E-state index is 9.76. The highest BCUT2D eigenvalue weighted by atomic mass is 32.2. The summed E-state index contributed by atoms with van der Waals surface area (Å²) in [6.07, 6.45) is 3.62. The van der Waals surface area contributed by atoms with Gasteiger partial charge in [-0.15, -0.1) is 0 Å². The Morgan fingerprint density at radius 3 is 1.50 bits per heavy atom. The SMILES string of the molecule is CCCC.CS(=O)(=O)NN. The van der Waals surface area contributed by atoms with E-state index in [1.54, 1.807) is 4.83 Å². The third-order valence-corrected chi connectivity index (χ3v) is 1.14. The van der Waals surface area contributed by atoms with Crippen LogP contribution < -0.4 is 10.7 Å². The van der Waals surface area contributed by atoms with Crippen molar-refractivity contribution in [1.29, 1.82) is 0 Å². The van der Waals surface area contributed by atoms with Gasteiger partial charge in [-0.05, 0) is 0 Å². The van der Waals surface area contributed by atoms with Gasteiger partial charge in [0.05, 0.1) is 6.26 Å². The van der Waals surface area contributed by atoms with E-state index < -0.39 is 10.0 Å². The molecule has 4 nitrogen and oxygen atoms in total. The van der Waals surface area contributed by atoms with Gasteiger partial charge in [0.15, 0.2) is 0 Å². The fourth-order valence-electron chi connectivity index (χ4n) is 0. The quantitative estimate of drug-likeness (QED) is 0.457. The van der Waals surface area contributed by atoms with E-state index in [2.05, 4.69) is 19.7 Å². The minimum atomic E-state index is -3.13. The molecule has 3 N–H and O–H groups in total. The van der Waals surface area contributed by atoms with Gasteiger partial charge in [0.25, 0.3) is 0 Å². The smallest absolute Gasteiger partial charge is 0.221 e. The summed E-state index contributed by atoms with van der Waals surface area (Å²) < 4.78 is 19.5. The van der Waals surface area contributed by atoms with Gasteiger partial charge < -0.3 is 0 Å². The first-order chi connectivity index (χ1) is 4.47. The Morgan fingerprint density at radius 2 is 1.50 bits per heavy atom. The van der Waals surface area contributed by atoms with Crippen molar-refractivity contribution in [3.63, 3.8) is 0 Å². The van der Waals surface area contributed by atoms with Crippen LogP contribution in [0.3, 0.4) is 0 Å². The number of nitrogens with one attached hydrogen (secondary N) is 1. The van der Waals surface area contributed by atoms with E-state index in [0.29, 0.717) is 0 Å². The molecule has 0 aliphatic heterocycles. The maximum Gasteiger partial charge on any atom is 0.221 e. The highest BCUT2D eigenvalue weighted by Crippen LogP contribution is 1.76. The summed E-state index contributed by atoms with van der Waals surface area (Å²) in [5, 5.41) is 0. The normalized spacial score (nSPS) is 10.0. The van der Waals surface area contributed by atoms with Crippen LogP contribution in [0.1, 0.15) is 26.7 Å². The molecule has 0 saturated heterocycles. The molecule has 0 saturated carbocycles. The molecule has 0 unspecified atom stereocenters. The predicted molar refractivity (Wildman–Crippen MR) is 42.7 cm³/mol. The van der Waals surface area contributed by atoms with Crippen molar-refractivity contribution in [1.82, 2.24) is 4.83 Å². The van der Waals surface area contributed by atoms with E-state index in [-0.39, 0.29) is 0 Å². The number of hydrazine groups is 1. The van der Waals surface area contributed by atoms with Crippen LogP contribution in [0.5, 0.6) is 0 Å². The van der Waals surface area contributed by atoms with Crippen LogP contribution >= 0.6 is 0 Å². The zero-order valence-corrected chi connectivity index (χ0v) is 7.53. The maximum atomic E-state index is 9.76. The Balaban J connectivity index is 0. The molecule has 0 rings (SSSR count). The first kappa shape index (κ1) is 12.5. The molecule has 0 spiro atoms. The van der Waals surface area contributed by atoms with Crippen LogP contribution in [0.2, 0.25) is 0 Å². The van der Waals surface area contributed by atoms with Gasteiger partial charge >= 0.3 is 0 Å². The third kappa shape index (κ3) is 24.8. The molecule has 0 bridgehead atoms. The lowest BCUT2D eigenvalue weighted by Crippen LogP contribution is -2.28. The number of unbranched alkanes of at least 4 members (excludes halogenated alkanes) is 1. The largest absolute Gasteiger partial charge is 0.258 e. The zero-order valence-electron chi connectivity index (χ0n) is 6.72. The van der Waals surface area contributed by atoms with Crippen LogP contribution in [0.25, 0.3) is 0 Å². The average Bonchev–Trinajstić information content (AvgIpc) is 1.87. The highest BCUT2D eigenvalue weighted by molar-refractivity contribution is 7.88. The second-order valence-corrected chi connectivity index (χ2v) is 3.67. The molecule has 5 heteroatoms. The Kier molecular flexibility index (Phi) is 8.75. The number of sulfonamides is 1. The van der Waals surface area contributed by atoms with Gasteiger partial charge in [-0.3, -0.25) is 5.84 Å². The molecule has 0 heterocycles. The number of hydrogen-bond donors (Lipinski definition) is 2. The Morgan fingerprint density at radius 1 is 1.30 bits per heavy atom. The minimum absolute atomic E-state index is 0.979. The monoisotopic (exact) mass is 168 g/mol. The Labute approximate surface area is 62.8 Å². The topological polar surface area (TPSA) is 72.2 Å². The summed E-state index contributed by atoms with van der Waals surface area (Å²) in [7, 11) is -3.13. The number of nitrogens with two attached hydrogens (primary N) is 1. The van der Waals surface area contributed by atoms with Crippen molar-refractivity contribution in [2.75, 3.05) is 6.26 Å².